The molecule has 0 saturated heterocycles. The minimum Gasteiger partial charge on any atom is -0.550 e. The summed E-state index contributed by atoms with van der Waals surface area (Å²) in [7, 11) is 0. The molecule has 3 rings (SSSR count). The summed E-state index contributed by atoms with van der Waals surface area (Å²) >= 11 is 0. The Morgan fingerprint density at radius 3 is 2.44 bits per heavy atom. The number of nitrogens with one attached hydrogen (secondary N) is 3. The summed E-state index contributed by atoms with van der Waals surface area (Å²) in [5, 5.41) is 24.3. The molecule has 0 bridgehead atoms. The van der Waals surface area contributed by atoms with Gasteiger partial charge in [0.15, 0.2) is 0 Å². The van der Waals surface area contributed by atoms with Gasteiger partial charge in [0.25, 0.3) is 11.5 Å². The Morgan fingerprint density at radius 2 is 1.81 bits per heavy atom. The first-order valence-corrected chi connectivity index (χ1v) is 9.41. The molecule has 0 fully saturated rings. The summed E-state index contributed by atoms with van der Waals surface area (Å²) in [6.07, 6.45) is 1.96. The molecule has 0 aliphatic carbocycles. The van der Waals surface area contributed by atoms with Crippen LogP contribution in [0.2, 0.25) is 0 Å². The van der Waals surface area contributed by atoms with Crippen molar-refractivity contribution in [3.63, 3.8) is 0 Å². The summed E-state index contributed by atoms with van der Waals surface area (Å²) in [6, 6.07) is 5.03. The Morgan fingerprint density at radius 1 is 1.12 bits per heavy atom. The number of aromatic nitrogens is 3. The normalized spacial score (nSPS) is 11.5. The molecule has 1 unspecified atom stereocenters. The minimum absolute atomic E-state index is 0. The van der Waals surface area contributed by atoms with Crippen LogP contribution in [0, 0.1) is 0 Å². The number of carbonyl (C=O) groups excluding carboxylic acids is 3. The van der Waals surface area contributed by atoms with Gasteiger partial charge in [-0.25, -0.2) is 0 Å². The number of rotatable bonds is 9. The molecule has 0 radical (unpaired) electrons. The van der Waals surface area contributed by atoms with E-state index in [9.17, 15) is 29.4 Å². The fourth-order valence-electron chi connectivity index (χ4n) is 3.17. The van der Waals surface area contributed by atoms with Gasteiger partial charge in [0.2, 0.25) is 5.95 Å². The van der Waals surface area contributed by atoms with Crippen molar-refractivity contribution in [3.05, 3.63) is 57.5 Å². The third-order valence-electron chi connectivity index (χ3n) is 4.77. The number of nitrogens with two attached hydrogens (primary N) is 1. The summed E-state index contributed by atoms with van der Waals surface area (Å²) < 4.78 is 0. The largest absolute Gasteiger partial charge is 1.00 e. The van der Waals surface area contributed by atoms with E-state index in [0.717, 1.165) is 11.1 Å². The molecule has 1 aromatic carbocycles. The predicted molar refractivity (Wildman–Crippen MR) is 105 cm³/mol. The topological polar surface area (TPSA) is 197 Å². The molecule has 2 aromatic heterocycles. The zero-order valence-corrected chi connectivity index (χ0v) is 19.3. The van der Waals surface area contributed by atoms with Gasteiger partial charge >= 0.3 is 29.6 Å². The van der Waals surface area contributed by atoms with Crippen LogP contribution in [0.25, 0.3) is 11.0 Å². The number of benzene rings is 1. The maximum absolute atomic E-state index is 12.2. The van der Waals surface area contributed by atoms with Crippen molar-refractivity contribution in [2.24, 2.45) is 0 Å². The molecule has 2 heterocycles. The second kappa shape index (κ2) is 10.9. The average molecular weight is 448 g/mol. The zero-order valence-electron chi connectivity index (χ0n) is 17.3. The number of amides is 1. The molecule has 0 spiro atoms. The van der Waals surface area contributed by atoms with Gasteiger partial charge in [-0.3, -0.25) is 14.6 Å². The molecule has 162 valence electrons. The van der Waals surface area contributed by atoms with Crippen molar-refractivity contribution in [2.45, 2.75) is 31.7 Å². The van der Waals surface area contributed by atoms with E-state index in [1.54, 1.807) is 18.3 Å². The smallest absolute Gasteiger partial charge is 0.550 e. The van der Waals surface area contributed by atoms with Gasteiger partial charge in [-0.2, -0.15) is 4.98 Å². The van der Waals surface area contributed by atoms with Crippen LogP contribution in [0.1, 0.15) is 34.3 Å². The number of aromatic amines is 2. The third kappa shape index (κ3) is 6.19. The van der Waals surface area contributed by atoms with E-state index in [0.29, 0.717) is 23.9 Å². The Hall–Kier alpha value is -3.15. The molecule has 12 heteroatoms. The van der Waals surface area contributed by atoms with Gasteiger partial charge in [0, 0.05) is 17.7 Å². The second-order valence-electron chi connectivity index (χ2n) is 6.94. The third-order valence-corrected chi connectivity index (χ3v) is 4.77. The summed E-state index contributed by atoms with van der Waals surface area (Å²) in [5.41, 5.74) is 7.49. The van der Waals surface area contributed by atoms with E-state index in [2.05, 4.69) is 20.3 Å². The van der Waals surface area contributed by atoms with Gasteiger partial charge in [0.05, 0.1) is 17.4 Å². The summed E-state index contributed by atoms with van der Waals surface area (Å²) in [6.45, 7) is 0. The molecule has 11 nitrogen and oxygen atoms in total. The van der Waals surface area contributed by atoms with Crippen molar-refractivity contribution in [1.82, 2.24) is 20.3 Å². The van der Waals surface area contributed by atoms with Gasteiger partial charge in [-0.05, 0) is 48.9 Å². The maximum Gasteiger partial charge on any atom is 1.00 e. The van der Waals surface area contributed by atoms with Crippen LogP contribution in [0.5, 0.6) is 0 Å². The molecule has 0 aliphatic heterocycles. The first-order chi connectivity index (χ1) is 14.7. The standard InChI is InChI=1S/C20H21N5O6.Na/c21-20-24-16-15(18(29)25-20)12(9-22-16)6-3-10-1-4-11(5-2-10)17(28)23-13(19(30)31)7-8-14(26)27;/h1-2,4-5,9,13H,3,6-8H2,(H,23,28)(H,26,27)(H,30,31)(H4,21,22,24,25,29);/q;+1/p-2. The van der Waals surface area contributed by atoms with Crippen LogP contribution in [0.4, 0.5) is 5.95 Å². The van der Waals surface area contributed by atoms with E-state index in [-0.39, 0.29) is 53.0 Å². The van der Waals surface area contributed by atoms with Crippen LogP contribution in [-0.4, -0.2) is 38.8 Å². The van der Waals surface area contributed by atoms with Crippen LogP contribution in [0.3, 0.4) is 0 Å². The quantitative estimate of drug-likeness (QED) is 0.233. The van der Waals surface area contributed by atoms with E-state index in [1.165, 1.54) is 12.1 Å². The predicted octanol–water partition coefficient (Wildman–Crippen LogP) is -5.00. The minimum atomic E-state index is -1.57. The first kappa shape index (κ1) is 25.1. The van der Waals surface area contributed by atoms with Gasteiger partial charge in [0.1, 0.15) is 5.65 Å². The fourth-order valence-corrected chi connectivity index (χ4v) is 3.17. The number of anilines is 1. The summed E-state index contributed by atoms with van der Waals surface area (Å²) in [4.78, 5) is 55.4. The van der Waals surface area contributed by atoms with Crippen molar-refractivity contribution < 1.29 is 54.2 Å². The number of H-pyrrole nitrogens is 2. The van der Waals surface area contributed by atoms with Crippen molar-refractivity contribution >= 4 is 34.8 Å². The number of hydrogen-bond acceptors (Lipinski definition) is 8. The SMILES string of the molecule is Nc1nc2[nH]cc(CCc3ccc(C(=O)NC(CCC(=O)[O-])C(=O)[O-])cc3)c2c(=O)[nH]1.[Na+]. The average Bonchev–Trinajstić information content (AvgIpc) is 3.12. The molecule has 1 atom stereocenters. The number of aliphatic carboxylic acids is 2. The Kier molecular flexibility index (Phi) is 8.58. The monoisotopic (exact) mass is 448 g/mol. The van der Waals surface area contributed by atoms with E-state index < -0.39 is 30.3 Å². The van der Waals surface area contributed by atoms with Crippen molar-refractivity contribution in [3.8, 4) is 0 Å². The zero-order chi connectivity index (χ0) is 22.5. The van der Waals surface area contributed by atoms with Crippen molar-refractivity contribution in [2.75, 3.05) is 5.73 Å². The van der Waals surface area contributed by atoms with E-state index in [4.69, 9.17) is 5.73 Å². The molecule has 0 saturated carbocycles. The van der Waals surface area contributed by atoms with Gasteiger partial charge in [-0.1, -0.05) is 12.1 Å². The molecule has 32 heavy (non-hydrogen) atoms. The number of aryl methyl sites for hydroxylation is 2. The molecule has 1 amide bonds. The van der Waals surface area contributed by atoms with Crippen LogP contribution in [0.15, 0.2) is 35.3 Å². The van der Waals surface area contributed by atoms with Gasteiger partial charge in [-0.15, -0.1) is 0 Å². The Balaban J connectivity index is 0.00000363. The molecular formula is C20H19N5NaO6-. The van der Waals surface area contributed by atoms with Crippen LogP contribution >= 0.6 is 0 Å². The second-order valence-corrected chi connectivity index (χ2v) is 6.94. The van der Waals surface area contributed by atoms with Crippen LogP contribution < -0.4 is 56.4 Å². The maximum atomic E-state index is 12.2. The number of carbonyl (C=O) groups is 3. The Labute approximate surface area is 203 Å². The number of nitrogen functional groups attached to an aromatic ring is 1. The molecule has 5 N–H and O–H groups in total. The number of nitrogens with zero attached hydrogens (tertiary/aromatic N) is 1. The first-order valence-electron chi connectivity index (χ1n) is 9.41. The Bertz CT molecular complexity index is 1190. The van der Waals surface area contributed by atoms with Crippen LogP contribution in [-0.2, 0) is 22.4 Å². The summed E-state index contributed by atoms with van der Waals surface area (Å²) in [5.74, 6) is -3.62. The molecule has 3 aromatic rings. The molecule has 0 aliphatic rings. The number of hydrogen-bond donors (Lipinski definition) is 4. The number of fused-ring (bicyclic) bond motifs is 1. The number of carboxylic acids is 2. The van der Waals surface area contributed by atoms with Crippen molar-refractivity contribution in [1.29, 1.82) is 0 Å². The number of carboxylic acid groups (broad SMARTS) is 2. The molecular weight excluding hydrogens is 429 g/mol. The van der Waals surface area contributed by atoms with Gasteiger partial charge < -0.3 is 35.8 Å². The van der Waals surface area contributed by atoms with E-state index in [1.807, 2.05) is 0 Å². The fraction of sp³-hybridized carbons (Fsp3) is 0.250. The van der Waals surface area contributed by atoms with E-state index >= 15 is 0 Å².